The van der Waals surface area contributed by atoms with Gasteiger partial charge in [0.15, 0.2) is 0 Å². The number of aryl methyl sites for hydroxylation is 1. The molecule has 1 fully saturated rings. The third-order valence-electron chi connectivity index (χ3n) is 5.34. The predicted molar refractivity (Wildman–Crippen MR) is 119 cm³/mol. The van der Waals surface area contributed by atoms with Crippen LogP contribution in [0.15, 0.2) is 22.7 Å². The van der Waals surface area contributed by atoms with Gasteiger partial charge >= 0.3 is 0 Å². The molecule has 170 valence electrons. The van der Waals surface area contributed by atoms with Crippen molar-refractivity contribution >= 4 is 29.1 Å². The molecule has 0 saturated carbocycles. The zero-order chi connectivity index (χ0) is 22.4. The lowest BCUT2D eigenvalue weighted by Crippen LogP contribution is -2.48. The molecule has 31 heavy (non-hydrogen) atoms. The van der Waals surface area contributed by atoms with E-state index in [1.807, 2.05) is 6.92 Å². The van der Waals surface area contributed by atoms with Crippen molar-refractivity contribution in [2.45, 2.75) is 32.3 Å². The number of nitrogens with zero attached hydrogens (tertiary/aromatic N) is 2. The van der Waals surface area contributed by atoms with Crippen LogP contribution in [0.5, 0.6) is 0 Å². The van der Waals surface area contributed by atoms with E-state index in [-0.39, 0.29) is 24.5 Å². The molecule has 0 aliphatic carbocycles. The van der Waals surface area contributed by atoms with E-state index in [4.69, 9.17) is 37.2 Å². The van der Waals surface area contributed by atoms with Crippen LogP contribution in [0.3, 0.4) is 0 Å². The average molecular weight is 471 g/mol. The largest absolute Gasteiger partial charge is 0.396 e. The number of aliphatic hydroxyl groups excluding tert-OH is 1. The maximum absolute atomic E-state index is 13.7. The molecule has 0 bridgehead atoms. The zero-order valence-electron chi connectivity index (χ0n) is 17.8. The van der Waals surface area contributed by atoms with Crippen LogP contribution in [-0.4, -0.2) is 67.2 Å². The van der Waals surface area contributed by atoms with Crippen molar-refractivity contribution in [3.05, 3.63) is 39.6 Å². The van der Waals surface area contributed by atoms with Crippen molar-refractivity contribution in [1.29, 1.82) is 0 Å². The number of hydrogen-bond acceptors (Lipinski definition) is 6. The van der Waals surface area contributed by atoms with E-state index in [1.54, 1.807) is 30.2 Å². The predicted octanol–water partition coefficient (Wildman–Crippen LogP) is 4.09. The molecule has 1 aliphatic heterocycles. The summed E-state index contributed by atoms with van der Waals surface area (Å²) in [5.74, 6) is 0.197. The summed E-state index contributed by atoms with van der Waals surface area (Å²) in [7, 11) is 1.61. The van der Waals surface area contributed by atoms with Gasteiger partial charge in [0.1, 0.15) is 17.0 Å². The number of benzene rings is 1. The number of hydrogen-bond donors (Lipinski definition) is 1. The molecule has 9 heteroatoms. The Bertz CT molecular complexity index is 869. The molecule has 3 rings (SSSR count). The average Bonchev–Trinajstić information content (AvgIpc) is 3.16. The van der Waals surface area contributed by atoms with E-state index in [0.717, 1.165) is 6.42 Å². The van der Waals surface area contributed by atoms with Gasteiger partial charge < -0.3 is 24.0 Å². The van der Waals surface area contributed by atoms with Crippen LogP contribution in [0.25, 0.3) is 11.3 Å². The third-order valence-corrected chi connectivity index (χ3v) is 5.97. The number of halogens is 2. The maximum atomic E-state index is 13.7. The van der Waals surface area contributed by atoms with Crippen LogP contribution in [0.4, 0.5) is 0 Å². The molecule has 2 heterocycles. The Balaban J connectivity index is 1.95. The third kappa shape index (κ3) is 5.59. The lowest BCUT2D eigenvalue weighted by Gasteiger charge is -2.37. The number of piperidine rings is 1. The number of carbonyl (C=O) groups is 1. The summed E-state index contributed by atoms with van der Waals surface area (Å²) in [6.45, 7) is 3.70. The standard InChI is InChI=1S/C22H28Cl2N2O5/c1-3-5-18-20(21(25-31-18)19-16(23)6-4-7-17(19)24)22(28)26-11-14(13-27)10-15(12-26)30-9-8-29-2/h4,6-7,14-15,27H,3,5,8-13H2,1-2H3. The Morgan fingerprint density at radius 1 is 1.29 bits per heavy atom. The second kappa shape index (κ2) is 11.3. The van der Waals surface area contributed by atoms with E-state index in [2.05, 4.69) is 5.16 Å². The number of aromatic nitrogens is 1. The first-order chi connectivity index (χ1) is 15.0. The molecule has 1 saturated heterocycles. The highest BCUT2D eigenvalue weighted by atomic mass is 35.5. The van der Waals surface area contributed by atoms with E-state index in [1.165, 1.54) is 0 Å². The number of methoxy groups -OCH3 is 1. The molecule has 1 aromatic carbocycles. The fraction of sp³-hybridized carbons (Fsp3) is 0.545. The van der Waals surface area contributed by atoms with E-state index in [9.17, 15) is 9.90 Å². The smallest absolute Gasteiger partial charge is 0.259 e. The summed E-state index contributed by atoms with van der Waals surface area (Å²) in [4.78, 5) is 15.4. The summed E-state index contributed by atoms with van der Waals surface area (Å²) < 4.78 is 16.5. The van der Waals surface area contributed by atoms with Gasteiger partial charge in [-0.3, -0.25) is 4.79 Å². The Kier molecular flexibility index (Phi) is 8.75. The molecular weight excluding hydrogens is 443 g/mol. The van der Waals surface area contributed by atoms with E-state index >= 15 is 0 Å². The summed E-state index contributed by atoms with van der Waals surface area (Å²) in [6, 6.07) is 5.14. The van der Waals surface area contributed by atoms with Crippen LogP contribution in [0.1, 0.15) is 35.9 Å². The fourth-order valence-electron chi connectivity index (χ4n) is 3.86. The van der Waals surface area contributed by atoms with Crippen molar-refractivity contribution in [3.8, 4) is 11.3 Å². The lowest BCUT2D eigenvalue weighted by molar-refractivity contribution is -0.0376. The minimum Gasteiger partial charge on any atom is -0.396 e. The first-order valence-electron chi connectivity index (χ1n) is 10.4. The van der Waals surface area contributed by atoms with Gasteiger partial charge in [0.05, 0.1) is 29.4 Å². The highest BCUT2D eigenvalue weighted by molar-refractivity contribution is 6.39. The minimum absolute atomic E-state index is 0.0252. The zero-order valence-corrected chi connectivity index (χ0v) is 19.3. The molecule has 2 aromatic rings. The highest BCUT2D eigenvalue weighted by Gasteiger charge is 2.35. The number of amides is 1. The van der Waals surface area contributed by atoms with Gasteiger partial charge in [0.2, 0.25) is 0 Å². The summed E-state index contributed by atoms with van der Waals surface area (Å²) in [5, 5.41) is 14.7. The molecule has 1 N–H and O–H groups in total. The van der Waals surface area contributed by atoms with Crippen molar-refractivity contribution in [3.63, 3.8) is 0 Å². The Hall–Kier alpha value is -1.64. The monoisotopic (exact) mass is 470 g/mol. The number of likely N-dealkylation sites (tertiary alicyclic amines) is 1. The second-order valence-electron chi connectivity index (χ2n) is 7.66. The number of ether oxygens (including phenoxy) is 2. The Morgan fingerprint density at radius 3 is 2.68 bits per heavy atom. The molecule has 0 spiro atoms. The van der Waals surface area contributed by atoms with Crippen molar-refractivity contribution in [2.24, 2.45) is 5.92 Å². The fourth-order valence-corrected chi connectivity index (χ4v) is 4.44. The van der Waals surface area contributed by atoms with Gasteiger partial charge in [-0.05, 0) is 25.0 Å². The van der Waals surface area contributed by atoms with Crippen LogP contribution in [0, 0.1) is 5.92 Å². The number of aliphatic hydroxyl groups is 1. The Morgan fingerprint density at radius 2 is 2.03 bits per heavy atom. The molecule has 0 radical (unpaired) electrons. The topological polar surface area (TPSA) is 85.0 Å². The summed E-state index contributed by atoms with van der Waals surface area (Å²) in [6.07, 6.45) is 1.83. The molecular formula is C22H28Cl2N2O5. The van der Waals surface area contributed by atoms with Crippen LogP contribution in [0.2, 0.25) is 10.0 Å². The highest BCUT2D eigenvalue weighted by Crippen LogP contribution is 2.38. The molecule has 1 aromatic heterocycles. The lowest BCUT2D eigenvalue weighted by atomic mass is 9.95. The Labute approximate surface area is 192 Å². The van der Waals surface area contributed by atoms with E-state index < -0.39 is 0 Å². The molecule has 2 unspecified atom stereocenters. The van der Waals surface area contributed by atoms with Crippen LogP contribution >= 0.6 is 23.2 Å². The van der Waals surface area contributed by atoms with Crippen molar-refractivity contribution < 1.29 is 23.9 Å². The molecule has 2 atom stereocenters. The van der Waals surface area contributed by atoms with Gasteiger partial charge in [0, 0.05) is 44.7 Å². The SMILES string of the molecule is CCCc1onc(-c2c(Cl)cccc2Cl)c1C(=O)N1CC(CO)CC(OCCOC)C1. The van der Waals surface area contributed by atoms with Gasteiger partial charge in [-0.1, -0.05) is 41.3 Å². The van der Waals surface area contributed by atoms with Gasteiger partial charge in [-0.15, -0.1) is 0 Å². The van der Waals surface area contributed by atoms with Crippen LogP contribution in [-0.2, 0) is 15.9 Å². The molecule has 1 aliphatic rings. The first kappa shape index (κ1) is 24.0. The van der Waals surface area contributed by atoms with Crippen molar-refractivity contribution in [2.75, 3.05) is 40.0 Å². The second-order valence-corrected chi connectivity index (χ2v) is 8.47. The number of rotatable bonds is 9. The van der Waals surface area contributed by atoms with Crippen molar-refractivity contribution in [1.82, 2.24) is 10.1 Å². The summed E-state index contributed by atoms with van der Waals surface area (Å²) in [5.41, 5.74) is 1.18. The van der Waals surface area contributed by atoms with Crippen LogP contribution < -0.4 is 0 Å². The van der Waals surface area contributed by atoms with E-state index in [0.29, 0.717) is 71.8 Å². The normalized spacial score (nSPS) is 19.1. The number of carbonyl (C=O) groups excluding carboxylic acids is 1. The minimum atomic E-state index is -0.228. The molecule has 7 nitrogen and oxygen atoms in total. The first-order valence-corrected chi connectivity index (χ1v) is 11.2. The summed E-state index contributed by atoms with van der Waals surface area (Å²) >= 11 is 12.8. The van der Waals surface area contributed by atoms with Gasteiger partial charge in [0.25, 0.3) is 5.91 Å². The van der Waals surface area contributed by atoms with Gasteiger partial charge in [-0.2, -0.15) is 0 Å². The molecule has 1 amide bonds. The quantitative estimate of drug-likeness (QED) is 0.555. The maximum Gasteiger partial charge on any atom is 0.259 e. The van der Waals surface area contributed by atoms with Gasteiger partial charge in [-0.25, -0.2) is 0 Å².